The molecule has 1 atom stereocenters. The van der Waals surface area contributed by atoms with Gasteiger partial charge in [0, 0.05) is 11.6 Å². The summed E-state index contributed by atoms with van der Waals surface area (Å²) in [6.07, 6.45) is 0.544. The van der Waals surface area contributed by atoms with E-state index in [9.17, 15) is 19.1 Å². The number of carbonyl (C=O) groups excluding carboxylic acids is 1. The van der Waals surface area contributed by atoms with Crippen molar-refractivity contribution in [1.82, 2.24) is 4.90 Å². The maximum absolute atomic E-state index is 14.3. The maximum Gasteiger partial charge on any atom is 0.411 e. The van der Waals surface area contributed by atoms with Gasteiger partial charge in [-0.25, -0.2) is 14.0 Å². The number of amides is 1. The molecule has 1 fully saturated rings. The van der Waals surface area contributed by atoms with Gasteiger partial charge in [0.05, 0.1) is 5.02 Å². The Labute approximate surface area is 139 Å². The third-order valence-electron chi connectivity index (χ3n) is 3.33. The minimum Gasteiger partial charge on any atom is -0.479 e. The fourth-order valence-electron chi connectivity index (χ4n) is 2.27. The van der Waals surface area contributed by atoms with Crippen LogP contribution in [0.4, 0.5) is 9.18 Å². The highest BCUT2D eigenvalue weighted by molar-refractivity contribution is 6.30. The van der Waals surface area contributed by atoms with Crippen LogP contribution in [0.2, 0.25) is 5.02 Å². The molecule has 126 valence electrons. The average molecular weight is 344 g/mol. The zero-order valence-corrected chi connectivity index (χ0v) is 13.9. The predicted molar refractivity (Wildman–Crippen MR) is 82.9 cm³/mol. The van der Waals surface area contributed by atoms with Crippen LogP contribution < -0.4 is 0 Å². The highest BCUT2D eigenvalue weighted by atomic mass is 35.5. The van der Waals surface area contributed by atoms with Crippen LogP contribution in [0.15, 0.2) is 18.2 Å². The van der Waals surface area contributed by atoms with E-state index in [1.807, 2.05) is 0 Å². The summed E-state index contributed by atoms with van der Waals surface area (Å²) >= 11 is 5.75. The SMILES string of the molecule is CC(C)(C)OC(=O)N(C1CC1)C(C(=O)O)c1cccc(Cl)c1F. The van der Waals surface area contributed by atoms with E-state index in [0.29, 0.717) is 12.8 Å². The number of benzene rings is 1. The highest BCUT2D eigenvalue weighted by Crippen LogP contribution is 2.37. The Morgan fingerprint density at radius 2 is 2.00 bits per heavy atom. The van der Waals surface area contributed by atoms with Gasteiger partial charge in [-0.3, -0.25) is 4.90 Å². The number of hydrogen-bond acceptors (Lipinski definition) is 3. The van der Waals surface area contributed by atoms with Gasteiger partial charge in [0.25, 0.3) is 0 Å². The molecule has 0 aliphatic heterocycles. The van der Waals surface area contributed by atoms with Crippen LogP contribution in [-0.2, 0) is 9.53 Å². The molecule has 0 heterocycles. The zero-order valence-electron chi connectivity index (χ0n) is 13.2. The first kappa shape index (κ1) is 17.5. The molecule has 1 N–H and O–H groups in total. The molecule has 0 saturated heterocycles. The fraction of sp³-hybridized carbons (Fsp3) is 0.500. The molecule has 1 aromatic carbocycles. The number of halogens is 2. The molecule has 2 rings (SSSR count). The maximum atomic E-state index is 14.3. The van der Waals surface area contributed by atoms with Gasteiger partial charge < -0.3 is 9.84 Å². The number of carbonyl (C=O) groups is 2. The molecule has 1 amide bonds. The summed E-state index contributed by atoms with van der Waals surface area (Å²) in [6, 6.07) is 2.35. The van der Waals surface area contributed by atoms with Crippen molar-refractivity contribution in [3.05, 3.63) is 34.6 Å². The summed E-state index contributed by atoms with van der Waals surface area (Å²) in [5.41, 5.74) is -0.928. The second kappa shape index (κ2) is 6.35. The van der Waals surface area contributed by atoms with Crippen molar-refractivity contribution in [2.24, 2.45) is 0 Å². The first-order valence-electron chi connectivity index (χ1n) is 7.30. The van der Waals surface area contributed by atoms with Gasteiger partial charge in [-0.2, -0.15) is 0 Å². The minimum absolute atomic E-state index is 0.150. The number of ether oxygens (including phenoxy) is 1. The van der Waals surface area contributed by atoms with E-state index >= 15 is 0 Å². The molecule has 5 nitrogen and oxygen atoms in total. The molecule has 7 heteroatoms. The zero-order chi connectivity index (χ0) is 17.4. The van der Waals surface area contributed by atoms with E-state index in [4.69, 9.17) is 16.3 Å². The number of rotatable bonds is 4. The van der Waals surface area contributed by atoms with E-state index in [0.717, 1.165) is 4.90 Å². The summed E-state index contributed by atoms with van der Waals surface area (Å²) in [5, 5.41) is 9.39. The fourth-order valence-corrected chi connectivity index (χ4v) is 2.45. The summed E-state index contributed by atoms with van der Waals surface area (Å²) in [7, 11) is 0. The van der Waals surface area contributed by atoms with Crippen LogP contribution in [0.3, 0.4) is 0 Å². The lowest BCUT2D eigenvalue weighted by Crippen LogP contribution is -2.43. The van der Waals surface area contributed by atoms with Crippen molar-refractivity contribution < 1.29 is 23.8 Å². The van der Waals surface area contributed by atoms with Gasteiger partial charge >= 0.3 is 12.1 Å². The Bertz CT molecular complexity index is 625. The van der Waals surface area contributed by atoms with E-state index in [2.05, 4.69) is 0 Å². The van der Waals surface area contributed by atoms with E-state index < -0.39 is 29.5 Å². The normalized spacial score (nSPS) is 15.9. The third kappa shape index (κ3) is 4.13. The van der Waals surface area contributed by atoms with Crippen molar-refractivity contribution in [3.63, 3.8) is 0 Å². The van der Waals surface area contributed by atoms with Gasteiger partial charge in [-0.15, -0.1) is 0 Å². The van der Waals surface area contributed by atoms with Gasteiger partial charge in [0.1, 0.15) is 11.4 Å². The molecule has 1 aliphatic carbocycles. The van der Waals surface area contributed by atoms with Gasteiger partial charge in [-0.05, 0) is 39.7 Å². The molecule has 1 aromatic rings. The topological polar surface area (TPSA) is 66.8 Å². The van der Waals surface area contributed by atoms with E-state index in [1.165, 1.54) is 18.2 Å². The largest absolute Gasteiger partial charge is 0.479 e. The summed E-state index contributed by atoms with van der Waals surface area (Å²) in [4.78, 5) is 25.3. The minimum atomic E-state index is -1.48. The van der Waals surface area contributed by atoms with Crippen LogP contribution >= 0.6 is 11.6 Å². The smallest absolute Gasteiger partial charge is 0.411 e. The Balaban J connectivity index is 2.42. The predicted octanol–water partition coefficient (Wildman–Crippen LogP) is 4.00. The van der Waals surface area contributed by atoms with Crippen LogP contribution in [0.25, 0.3) is 0 Å². The third-order valence-corrected chi connectivity index (χ3v) is 3.62. The monoisotopic (exact) mass is 343 g/mol. The highest BCUT2D eigenvalue weighted by Gasteiger charge is 2.44. The van der Waals surface area contributed by atoms with Crippen molar-refractivity contribution >= 4 is 23.7 Å². The molecular formula is C16H19ClFNO4. The lowest BCUT2D eigenvalue weighted by molar-refractivity contribution is -0.143. The van der Waals surface area contributed by atoms with Gasteiger partial charge in [-0.1, -0.05) is 23.7 Å². The van der Waals surface area contributed by atoms with Gasteiger partial charge in [0.2, 0.25) is 0 Å². The molecule has 1 unspecified atom stereocenters. The lowest BCUT2D eigenvalue weighted by atomic mass is 10.0. The second-order valence-corrected chi connectivity index (χ2v) is 6.91. The van der Waals surface area contributed by atoms with E-state index in [-0.39, 0.29) is 16.6 Å². The Morgan fingerprint density at radius 1 is 1.39 bits per heavy atom. The summed E-state index contributed by atoms with van der Waals surface area (Å²) in [6.45, 7) is 5.06. The number of carboxylic acids is 1. The Hall–Kier alpha value is -1.82. The molecule has 23 heavy (non-hydrogen) atoms. The van der Waals surface area contributed by atoms with Gasteiger partial charge in [0.15, 0.2) is 6.04 Å². The number of hydrogen-bond donors (Lipinski definition) is 1. The Kier molecular flexibility index (Phi) is 4.84. The van der Waals surface area contributed by atoms with Crippen molar-refractivity contribution in [2.45, 2.75) is 51.3 Å². The molecule has 1 aliphatic rings. The summed E-state index contributed by atoms with van der Waals surface area (Å²) < 4.78 is 19.6. The molecule has 0 spiro atoms. The first-order valence-corrected chi connectivity index (χ1v) is 7.67. The number of nitrogens with zero attached hydrogens (tertiary/aromatic N) is 1. The molecule has 0 radical (unpaired) electrons. The molecular weight excluding hydrogens is 325 g/mol. The van der Waals surface area contributed by atoms with Crippen molar-refractivity contribution in [3.8, 4) is 0 Å². The van der Waals surface area contributed by atoms with Crippen molar-refractivity contribution in [1.29, 1.82) is 0 Å². The summed E-state index contributed by atoms with van der Waals surface area (Å²) in [5.74, 6) is -2.17. The molecule has 0 aromatic heterocycles. The number of carboxylic acid groups (broad SMARTS) is 1. The molecule has 0 bridgehead atoms. The Morgan fingerprint density at radius 3 is 2.48 bits per heavy atom. The lowest BCUT2D eigenvalue weighted by Gasteiger charge is -2.32. The standard InChI is InChI=1S/C16H19ClFNO4/c1-16(2,3)23-15(22)19(9-7-8-9)13(14(20)21)10-5-4-6-11(17)12(10)18/h4-6,9,13H,7-8H2,1-3H3,(H,20,21). The van der Waals surface area contributed by atoms with Crippen LogP contribution in [0.5, 0.6) is 0 Å². The molecule has 1 saturated carbocycles. The number of aliphatic carboxylic acids is 1. The van der Waals surface area contributed by atoms with Crippen LogP contribution in [-0.4, -0.2) is 33.7 Å². The second-order valence-electron chi connectivity index (χ2n) is 6.50. The van der Waals surface area contributed by atoms with Crippen LogP contribution in [0, 0.1) is 5.82 Å². The van der Waals surface area contributed by atoms with Crippen LogP contribution in [0.1, 0.15) is 45.2 Å². The van der Waals surface area contributed by atoms with E-state index in [1.54, 1.807) is 20.8 Å². The van der Waals surface area contributed by atoms with Crippen molar-refractivity contribution in [2.75, 3.05) is 0 Å². The quantitative estimate of drug-likeness (QED) is 0.897. The average Bonchev–Trinajstić information content (AvgIpc) is 3.21. The first-order chi connectivity index (χ1) is 10.6.